The molecule has 0 spiro atoms. The van der Waals surface area contributed by atoms with Gasteiger partial charge in [0.25, 0.3) is 0 Å². The molecule has 1 unspecified atom stereocenters. The highest BCUT2D eigenvalue weighted by atomic mass is 19.3. The van der Waals surface area contributed by atoms with Gasteiger partial charge in [-0.25, -0.2) is 13.6 Å². The van der Waals surface area contributed by atoms with Crippen LogP contribution in [0.25, 0.3) is 0 Å². The number of rotatable bonds is 3. The molecule has 5 nitrogen and oxygen atoms in total. The predicted molar refractivity (Wildman–Crippen MR) is 76.9 cm³/mol. The van der Waals surface area contributed by atoms with Crippen LogP contribution in [0.5, 0.6) is 0 Å². The number of urea groups is 1. The summed E-state index contributed by atoms with van der Waals surface area (Å²) in [6.07, 6.45) is 2.72. The van der Waals surface area contributed by atoms with Crippen LogP contribution in [0.4, 0.5) is 13.6 Å². The summed E-state index contributed by atoms with van der Waals surface area (Å²) in [5, 5.41) is 11.7. The predicted octanol–water partition coefficient (Wildman–Crippen LogP) is 2.71. The number of carbonyl (C=O) groups excluding carboxylic acids is 1. The lowest BCUT2D eigenvalue weighted by atomic mass is 9.97. The second kappa shape index (κ2) is 7.24. The number of nitrogens with one attached hydrogen (secondary N) is 1. The lowest BCUT2D eigenvalue weighted by Gasteiger charge is -2.30. The Kier molecular flexibility index (Phi) is 5.58. The highest BCUT2D eigenvalue weighted by Crippen LogP contribution is 2.34. The van der Waals surface area contributed by atoms with Crippen molar-refractivity contribution in [1.82, 2.24) is 10.2 Å². The largest absolute Gasteiger partial charge is 0.481 e. The zero-order chi connectivity index (χ0) is 16.2. The molecule has 7 heteroatoms. The number of aliphatic carboxylic acids is 1. The highest BCUT2D eigenvalue weighted by Gasteiger charge is 2.34. The van der Waals surface area contributed by atoms with Crippen LogP contribution in [0, 0.1) is 11.8 Å². The molecular formula is C15H24F2N2O3. The van der Waals surface area contributed by atoms with E-state index in [9.17, 15) is 18.4 Å². The van der Waals surface area contributed by atoms with Crippen molar-refractivity contribution in [1.29, 1.82) is 0 Å². The van der Waals surface area contributed by atoms with E-state index in [0.717, 1.165) is 12.8 Å². The van der Waals surface area contributed by atoms with Crippen LogP contribution >= 0.6 is 0 Å². The van der Waals surface area contributed by atoms with Gasteiger partial charge in [-0.1, -0.05) is 6.42 Å². The first-order chi connectivity index (χ1) is 10.4. The van der Waals surface area contributed by atoms with Crippen LogP contribution in [-0.2, 0) is 4.79 Å². The maximum Gasteiger partial charge on any atom is 0.317 e. The van der Waals surface area contributed by atoms with E-state index in [1.54, 1.807) is 4.90 Å². The summed E-state index contributed by atoms with van der Waals surface area (Å²) in [5.74, 6) is -4.01. The Morgan fingerprint density at radius 3 is 2.50 bits per heavy atom. The van der Waals surface area contributed by atoms with Gasteiger partial charge >= 0.3 is 12.0 Å². The average Bonchev–Trinajstić information content (AvgIpc) is 2.65. The molecule has 1 atom stereocenters. The lowest BCUT2D eigenvalue weighted by molar-refractivity contribution is -0.143. The van der Waals surface area contributed by atoms with Gasteiger partial charge in [0, 0.05) is 32.5 Å². The Hall–Kier alpha value is -1.40. The molecule has 2 amide bonds. The number of halogens is 2. The van der Waals surface area contributed by atoms with Gasteiger partial charge in [0.05, 0.1) is 5.92 Å². The number of amides is 2. The Balaban J connectivity index is 1.74. The molecule has 0 aromatic rings. The Bertz CT molecular complexity index is 410. The molecule has 1 saturated carbocycles. The van der Waals surface area contributed by atoms with E-state index in [1.807, 2.05) is 0 Å². The van der Waals surface area contributed by atoms with E-state index in [4.69, 9.17) is 5.11 Å². The zero-order valence-electron chi connectivity index (χ0n) is 12.7. The number of alkyl halides is 2. The normalized spacial score (nSPS) is 26.3. The van der Waals surface area contributed by atoms with Crippen molar-refractivity contribution in [2.24, 2.45) is 11.8 Å². The van der Waals surface area contributed by atoms with Crippen molar-refractivity contribution in [3.05, 3.63) is 0 Å². The van der Waals surface area contributed by atoms with Crippen molar-refractivity contribution in [3.63, 3.8) is 0 Å². The smallest absolute Gasteiger partial charge is 0.317 e. The summed E-state index contributed by atoms with van der Waals surface area (Å²) >= 11 is 0. The van der Waals surface area contributed by atoms with E-state index >= 15 is 0 Å². The summed E-state index contributed by atoms with van der Waals surface area (Å²) in [7, 11) is 0. The van der Waals surface area contributed by atoms with Crippen molar-refractivity contribution >= 4 is 12.0 Å². The molecule has 2 N–H and O–H groups in total. The summed E-state index contributed by atoms with van der Waals surface area (Å²) < 4.78 is 27.1. The SMILES string of the molecule is O=C(O)C1CCN(C(=O)NCC2CCCCC(F)(F)C2)CC1. The van der Waals surface area contributed by atoms with E-state index in [-0.39, 0.29) is 37.3 Å². The summed E-state index contributed by atoms with van der Waals surface area (Å²) in [6, 6.07) is -0.267. The van der Waals surface area contributed by atoms with Gasteiger partial charge in [-0.05, 0) is 31.6 Å². The van der Waals surface area contributed by atoms with Crippen LogP contribution in [0.15, 0.2) is 0 Å². The number of carboxylic acids is 1. The third-order valence-corrected chi connectivity index (χ3v) is 4.67. The van der Waals surface area contributed by atoms with Gasteiger partial charge < -0.3 is 15.3 Å². The molecule has 0 radical (unpaired) electrons. The first-order valence-corrected chi connectivity index (χ1v) is 8.01. The molecular weight excluding hydrogens is 294 g/mol. The summed E-state index contributed by atoms with van der Waals surface area (Å²) in [6.45, 7) is 1.08. The van der Waals surface area contributed by atoms with Crippen LogP contribution in [0.1, 0.15) is 44.9 Å². The van der Waals surface area contributed by atoms with Gasteiger partial charge in [-0.3, -0.25) is 4.79 Å². The fraction of sp³-hybridized carbons (Fsp3) is 0.867. The number of hydrogen-bond donors (Lipinski definition) is 2. The first-order valence-electron chi connectivity index (χ1n) is 8.01. The Morgan fingerprint density at radius 1 is 1.18 bits per heavy atom. The van der Waals surface area contributed by atoms with Crippen molar-refractivity contribution in [2.45, 2.75) is 50.9 Å². The number of piperidine rings is 1. The zero-order valence-corrected chi connectivity index (χ0v) is 12.7. The fourth-order valence-corrected chi connectivity index (χ4v) is 3.29. The van der Waals surface area contributed by atoms with Crippen LogP contribution in [-0.4, -0.2) is 47.6 Å². The Morgan fingerprint density at radius 2 is 1.86 bits per heavy atom. The van der Waals surface area contributed by atoms with E-state index in [2.05, 4.69) is 5.32 Å². The number of nitrogens with zero attached hydrogens (tertiary/aromatic N) is 1. The van der Waals surface area contributed by atoms with Crippen LogP contribution < -0.4 is 5.32 Å². The van der Waals surface area contributed by atoms with Gasteiger partial charge in [-0.2, -0.15) is 0 Å². The van der Waals surface area contributed by atoms with Crippen LogP contribution in [0.2, 0.25) is 0 Å². The lowest BCUT2D eigenvalue weighted by Crippen LogP contribution is -2.46. The first kappa shape index (κ1) is 17.0. The minimum absolute atomic E-state index is 0.0554. The van der Waals surface area contributed by atoms with Gasteiger partial charge in [0.1, 0.15) is 0 Å². The molecule has 2 aliphatic rings. The number of likely N-dealkylation sites (tertiary alicyclic amines) is 1. The quantitative estimate of drug-likeness (QED) is 0.786. The molecule has 1 heterocycles. The fourth-order valence-electron chi connectivity index (χ4n) is 3.29. The summed E-state index contributed by atoms with van der Waals surface area (Å²) in [4.78, 5) is 24.5. The number of carboxylic acid groups (broad SMARTS) is 1. The molecule has 2 rings (SSSR count). The molecule has 0 aromatic carbocycles. The molecule has 0 aromatic heterocycles. The minimum Gasteiger partial charge on any atom is -0.481 e. The second-order valence-electron chi connectivity index (χ2n) is 6.46. The van der Waals surface area contributed by atoms with E-state index in [1.165, 1.54) is 0 Å². The van der Waals surface area contributed by atoms with E-state index in [0.29, 0.717) is 32.4 Å². The third-order valence-electron chi connectivity index (χ3n) is 4.67. The van der Waals surface area contributed by atoms with Gasteiger partial charge in [0.2, 0.25) is 5.92 Å². The monoisotopic (exact) mass is 318 g/mol. The molecule has 1 aliphatic carbocycles. The molecule has 1 aliphatic heterocycles. The van der Waals surface area contributed by atoms with Crippen molar-refractivity contribution in [2.75, 3.05) is 19.6 Å². The van der Waals surface area contributed by atoms with Crippen LogP contribution in [0.3, 0.4) is 0 Å². The summed E-state index contributed by atoms with van der Waals surface area (Å²) in [5.41, 5.74) is 0. The molecule has 126 valence electrons. The Labute approximate surface area is 129 Å². The number of hydrogen-bond acceptors (Lipinski definition) is 2. The maximum atomic E-state index is 13.5. The van der Waals surface area contributed by atoms with Crippen molar-refractivity contribution in [3.8, 4) is 0 Å². The van der Waals surface area contributed by atoms with Crippen molar-refractivity contribution < 1.29 is 23.5 Å². The minimum atomic E-state index is -2.62. The highest BCUT2D eigenvalue weighted by molar-refractivity contribution is 5.75. The van der Waals surface area contributed by atoms with Gasteiger partial charge in [0.15, 0.2) is 0 Å². The topological polar surface area (TPSA) is 69.6 Å². The average molecular weight is 318 g/mol. The van der Waals surface area contributed by atoms with Gasteiger partial charge in [-0.15, -0.1) is 0 Å². The molecule has 2 fully saturated rings. The second-order valence-corrected chi connectivity index (χ2v) is 6.46. The molecule has 1 saturated heterocycles. The third kappa shape index (κ3) is 4.81. The molecule has 0 bridgehead atoms. The standard InChI is InChI=1S/C15H24F2N2O3/c16-15(17)6-2-1-3-11(9-15)10-18-14(22)19-7-4-12(5-8-19)13(20)21/h11-12H,1-10H2,(H,18,22)(H,20,21). The maximum absolute atomic E-state index is 13.5. The molecule has 22 heavy (non-hydrogen) atoms. The van der Waals surface area contributed by atoms with E-state index < -0.39 is 11.9 Å². The number of carbonyl (C=O) groups is 2.